The Morgan fingerprint density at radius 2 is 2.14 bits per heavy atom. The fraction of sp³-hybridized carbons (Fsp3) is 0.385. The van der Waals surface area contributed by atoms with Crippen molar-refractivity contribution in [1.82, 2.24) is 24.5 Å². The first kappa shape index (κ1) is 13.3. The summed E-state index contributed by atoms with van der Waals surface area (Å²) in [6.45, 7) is 5.90. The van der Waals surface area contributed by atoms with Gasteiger partial charge in [-0.05, 0) is 32.9 Å². The molecule has 0 aliphatic carbocycles. The Morgan fingerprint density at radius 3 is 2.76 bits per heavy atom. The Labute approximate surface area is 120 Å². The summed E-state index contributed by atoms with van der Waals surface area (Å²) in [5, 5.41) is 7.92. The molecule has 3 aromatic heterocycles. The Morgan fingerprint density at radius 1 is 1.33 bits per heavy atom. The normalized spacial score (nSPS) is 12.0. The first-order chi connectivity index (χ1) is 9.95. The van der Waals surface area contributed by atoms with Crippen LogP contribution in [0.2, 0.25) is 0 Å². The van der Waals surface area contributed by atoms with E-state index >= 15 is 0 Å². The third kappa shape index (κ3) is 2.51. The lowest BCUT2D eigenvalue weighted by Crippen LogP contribution is -2.35. The zero-order valence-corrected chi connectivity index (χ0v) is 12.0. The quantitative estimate of drug-likeness (QED) is 0.725. The fourth-order valence-corrected chi connectivity index (χ4v) is 1.87. The van der Waals surface area contributed by atoms with Gasteiger partial charge in [-0.1, -0.05) is 5.16 Å². The van der Waals surface area contributed by atoms with Gasteiger partial charge in [-0.2, -0.15) is 10.1 Å². The van der Waals surface area contributed by atoms with E-state index < -0.39 is 0 Å². The highest BCUT2D eigenvalue weighted by Crippen LogP contribution is 2.16. The van der Waals surface area contributed by atoms with Gasteiger partial charge in [-0.3, -0.25) is 4.57 Å². The minimum absolute atomic E-state index is 0.169. The van der Waals surface area contributed by atoms with Crippen LogP contribution in [0.3, 0.4) is 0 Å². The van der Waals surface area contributed by atoms with E-state index in [-0.39, 0.29) is 17.8 Å². The third-order valence-electron chi connectivity index (χ3n) is 2.88. The van der Waals surface area contributed by atoms with Crippen LogP contribution in [0.1, 0.15) is 26.7 Å². The number of hydrogen-bond donors (Lipinski definition) is 0. The molecule has 0 N–H and O–H groups in total. The van der Waals surface area contributed by atoms with Crippen molar-refractivity contribution < 1.29 is 8.94 Å². The maximum atomic E-state index is 12.2. The van der Waals surface area contributed by atoms with E-state index in [0.29, 0.717) is 17.5 Å². The van der Waals surface area contributed by atoms with E-state index in [1.807, 2.05) is 20.8 Å². The van der Waals surface area contributed by atoms with Crippen LogP contribution in [0.25, 0.3) is 11.6 Å². The molecule has 0 aromatic carbocycles. The van der Waals surface area contributed by atoms with Gasteiger partial charge in [0.15, 0.2) is 5.76 Å². The summed E-state index contributed by atoms with van der Waals surface area (Å²) in [7, 11) is 0. The van der Waals surface area contributed by atoms with Gasteiger partial charge in [-0.15, -0.1) is 0 Å². The maximum Gasteiger partial charge on any atom is 0.346 e. The second kappa shape index (κ2) is 4.72. The third-order valence-corrected chi connectivity index (χ3v) is 2.88. The van der Waals surface area contributed by atoms with Crippen molar-refractivity contribution in [2.24, 2.45) is 0 Å². The van der Waals surface area contributed by atoms with Crippen molar-refractivity contribution in [2.45, 2.75) is 32.9 Å². The molecule has 0 amide bonds. The fourth-order valence-electron chi connectivity index (χ4n) is 1.87. The molecule has 0 bridgehead atoms. The SMILES string of the molecule is CC(C)(C)n1ncn(Cc2nc(-c3ccco3)no2)c1=O. The number of rotatable bonds is 3. The van der Waals surface area contributed by atoms with E-state index in [0.717, 1.165) is 0 Å². The van der Waals surface area contributed by atoms with Crippen LogP contribution in [0.4, 0.5) is 0 Å². The van der Waals surface area contributed by atoms with Crippen LogP contribution in [0.15, 0.2) is 38.5 Å². The van der Waals surface area contributed by atoms with Gasteiger partial charge < -0.3 is 8.94 Å². The smallest absolute Gasteiger partial charge is 0.346 e. The molecule has 110 valence electrons. The Kier molecular flexibility index (Phi) is 3.00. The van der Waals surface area contributed by atoms with Crippen molar-refractivity contribution in [3.05, 3.63) is 41.1 Å². The highest BCUT2D eigenvalue weighted by atomic mass is 16.5. The van der Waals surface area contributed by atoms with Crippen LogP contribution >= 0.6 is 0 Å². The molecule has 3 rings (SSSR count). The topological polar surface area (TPSA) is 91.9 Å². The Balaban J connectivity index is 1.85. The van der Waals surface area contributed by atoms with Crippen LogP contribution in [-0.2, 0) is 12.1 Å². The lowest BCUT2D eigenvalue weighted by molar-refractivity contribution is 0.336. The van der Waals surface area contributed by atoms with Crippen molar-refractivity contribution >= 4 is 0 Å². The van der Waals surface area contributed by atoms with Crippen LogP contribution in [0, 0.1) is 0 Å². The van der Waals surface area contributed by atoms with Gasteiger partial charge in [0, 0.05) is 0 Å². The average molecular weight is 289 g/mol. The molecule has 0 spiro atoms. The zero-order chi connectivity index (χ0) is 15.0. The lowest BCUT2D eigenvalue weighted by Gasteiger charge is -2.16. The second-order valence-electron chi connectivity index (χ2n) is 5.61. The Hall–Kier alpha value is -2.64. The molecule has 0 fully saturated rings. The first-order valence-corrected chi connectivity index (χ1v) is 6.46. The summed E-state index contributed by atoms with van der Waals surface area (Å²) < 4.78 is 13.1. The molecule has 0 aliphatic heterocycles. The van der Waals surface area contributed by atoms with E-state index in [2.05, 4.69) is 15.2 Å². The van der Waals surface area contributed by atoms with Gasteiger partial charge in [0.05, 0.1) is 11.8 Å². The van der Waals surface area contributed by atoms with Crippen molar-refractivity contribution in [1.29, 1.82) is 0 Å². The number of nitrogens with zero attached hydrogens (tertiary/aromatic N) is 5. The molecule has 8 heteroatoms. The molecule has 3 aromatic rings. The molecule has 0 unspecified atom stereocenters. The summed E-state index contributed by atoms with van der Waals surface area (Å²) in [5.41, 5.74) is -0.600. The predicted molar refractivity (Wildman–Crippen MR) is 72.6 cm³/mol. The highest BCUT2D eigenvalue weighted by molar-refractivity contribution is 5.44. The monoisotopic (exact) mass is 289 g/mol. The lowest BCUT2D eigenvalue weighted by atomic mass is 10.1. The summed E-state index contributed by atoms with van der Waals surface area (Å²) in [6, 6.07) is 3.47. The molecule has 0 saturated carbocycles. The minimum Gasteiger partial charge on any atom is -0.461 e. The van der Waals surface area contributed by atoms with E-state index in [4.69, 9.17) is 8.94 Å². The second-order valence-corrected chi connectivity index (χ2v) is 5.61. The van der Waals surface area contributed by atoms with Gasteiger partial charge in [0.2, 0.25) is 11.7 Å². The first-order valence-electron chi connectivity index (χ1n) is 6.46. The maximum absolute atomic E-state index is 12.2. The van der Waals surface area contributed by atoms with E-state index in [9.17, 15) is 4.79 Å². The number of hydrogen-bond acceptors (Lipinski definition) is 6. The largest absolute Gasteiger partial charge is 0.461 e. The Bertz CT molecular complexity index is 788. The van der Waals surface area contributed by atoms with Gasteiger partial charge in [0.25, 0.3) is 0 Å². The molecular formula is C13H15N5O3. The zero-order valence-electron chi connectivity index (χ0n) is 12.0. The summed E-state index contributed by atoms with van der Waals surface area (Å²) >= 11 is 0. The molecule has 0 saturated heterocycles. The number of aromatic nitrogens is 5. The summed E-state index contributed by atoms with van der Waals surface area (Å²) in [6.07, 6.45) is 2.99. The molecule has 8 nitrogen and oxygen atoms in total. The van der Waals surface area contributed by atoms with Crippen LogP contribution < -0.4 is 5.69 Å². The summed E-state index contributed by atoms with van der Waals surface area (Å²) in [5.74, 6) is 1.19. The molecule has 0 atom stereocenters. The van der Waals surface area contributed by atoms with Crippen molar-refractivity contribution in [3.63, 3.8) is 0 Å². The molecule has 0 aliphatic rings. The molecular weight excluding hydrogens is 274 g/mol. The predicted octanol–water partition coefficient (Wildman–Crippen LogP) is 1.49. The molecule has 3 heterocycles. The average Bonchev–Trinajstić information content (AvgIpc) is 3.10. The number of furan rings is 1. The summed E-state index contributed by atoms with van der Waals surface area (Å²) in [4.78, 5) is 16.4. The highest BCUT2D eigenvalue weighted by Gasteiger charge is 2.20. The molecule has 21 heavy (non-hydrogen) atoms. The van der Waals surface area contributed by atoms with Crippen molar-refractivity contribution in [2.75, 3.05) is 0 Å². The van der Waals surface area contributed by atoms with Gasteiger partial charge >= 0.3 is 5.69 Å². The van der Waals surface area contributed by atoms with Crippen LogP contribution in [-0.4, -0.2) is 24.5 Å². The van der Waals surface area contributed by atoms with E-state index in [1.54, 1.807) is 12.1 Å². The van der Waals surface area contributed by atoms with Gasteiger partial charge in [-0.25, -0.2) is 9.48 Å². The van der Waals surface area contributed by atoms with Crippen LogP contribution in [0.5, 0.6) is 0 Å². The standard InChI is InChI=1S/C13H15N5O3/c1-13(2,3)18-12(19)17(8-14-18)7-10-15-11(16-21-10)9-5-4-6-20-9/h4-6,8H,7H2,1-3H3. The minimum atomic E-state index is -0.378. The van der Waals surface area contributed by atoms with Crippen molar-refractivity contribution in [3.8, 4) is 11.6 Å². The van der Waals surface area contributed by atoms with Gasteiger partial charge in [0.1, 0.15) is 12.9 Å². The van der Waals surface area contributed by atoms with E-state index in [1.165, 1.54) is 21.8 Å². The molecule has 0 radical (unpaired) electrons.